The molecule has 0 saturated carbocycles. The molecule has 12 heteroatoms. The Morgan fingerprint density at radius 2 is 1.86 bits per heavy atom. The molecule has 0 radical (unpaired) electrons. The van der Waals surface area contributed by atoms with Crippen molar-refractivity contribution in [3.63, 3.8) is 0 Å². The number of carbonyl (C=O) groups is 1. The van der Waals surface area contributed by atoms with E-state index in [-0.39, 0.29) is 28.1 Å². The van der Waals surface area contributed by atoms with E-state index in [4.69, 9.17) is 23.2 Å². The Bertz CT molecular complexity index is 1600. The molecule has 1 amide bonds. The molecule has 0 bridgehead atoms. The van der Waals surface area contributed by atoms with Crippen LogP contribution in [0.25, 0.3) is 28.0 Å². The van der Waals surface area contributed by atoms with Crippen molar-refractivity contribution in [1.82, 2.24) is 19.7 Å². The summed E-state index contributed by atoms with van der Waals surface area (Å²) >= 11 is 13.1. The number of amides is 1. The molecule has 0 atom stereocenters. The van der Waals surface area contributed by atoms with Gasteiger partial charge in [0.2, 0.25) is 5.91 Å². The number of nitrogens with one attached hydrogen (secondary N) is 2. The molecule has 0 spiro atoms. The van der Waals surface area contributed by atoms with E-state index in [1.807, 2.05) is 47.2 Å². The van der Waals surface area contributed by atoms with Gasteiger partial charge in [0.25, 0.3) is 5.69 Å². The van der Waals surface area contributed by atoms with E-state index in [0.29, 0.717) is 16.0 Å². The Balaban J connectivity index is 1.44. The maximum absolute atomic E-state index is 12.6. The minimum absolute atomic E-state index is 0.00394. The van der Waals surface area contributed by atoms with Crippen molar-refractivity contribution in [2.24, 2.45) is 0 Å². The van der Waals surface area contributed by atoms with Crippen molar-refractivity contribution < 1.29 is 9.72 Å². The molecule has 5 aromatic rings. The number of rotatable bonds is 7. The molecule has 180 valence electrons. The van der Waals surface area contributed by atoms with E-state index in [0.717, 1.165) is 22.2 Å². The zero-order valence-corrected chi connectivity index (χ0v) is 20.6. The zero-order chi connectivity index (χ0) is 25.2. The molecular weight excluding hydrogens is 523 g/mol. The summed E-state index contributed by atoms with van der Waals surface area (Å²) in [4.78, 5) is 26.4. The highest BCUT2D eigenvalue weighted by Gasteiger charge is 2.20. The number of hydrogen-bond donors (Lipinski definition) is 2. The minimum atomic E-state index is -0.604. The first-order valence-corrected chi connectivity index (χ1v) is 12.3. The summed E-state index contributed by atoms with van der Waals surface area (Å²) in [5.74, 6) is 0.234. The van der Waals surface area contributed by atoms with Crippen LogP contribution in [0, 0.1) is 10.1 Å². The molecule has 0 saturated heterocycles. The molecule has 0 fully saturated rings. The highest BCUT2D eigenvalue weighted by atomic mass is 35.5. The average Bonchev–Trinajstić information content (AvgIpc) is 3.48. The topological polar surface area (TPSA) is 119 Å². The van der Waals surface area contributed by atoms with Crippen LogP contribution in [0.1, 0.15) is 0 Å². The molecule has 36 heavy (non-hydrogen) atoms. The fraction of sp³-hybridized carbons (Fsp3) is 0.0417. The molecular formula is C24H16Cl2N6O3S. The number of carbonyl (C=O) groups excluding carboxylic acids is 1. The van der Waals surface area contributed by atoms with Gasteiger partial charge in [0.05, 0.1) is 10.7 Å². The quantitative estimate of drug-likeness (QED) is 0.141. The molecule has 2 N–H and O–H groups in total. The second kappa shape index (κ2) is 10.0. The lowest BCUT2D eigenvalue weighted by Gasteiger charge is -2.10. The predicted octanol–water partition coefficient (Wildman–Crippen LogP) is 6.36. The summed E-state index contributed by atoms with van der Waals surface area (Å²) in [5.41, 5.74) is 2.59. The van der Waals surface area contributed by atoms with Gasteiger partial charge in [-0.1, -0.05) is 53.2 Å². The van der Waals surface area contributed by atoms with Crippen LogP contribution in [0.3, 0.4) is 0 Å². The highest BCUT2D eigenvalue weighted by molar-refractivity contribution is 7.99. The third kappa shape index (κ3) is 4.78. The smallest absolute Gasteiger partial charge is 0.289 e. The van der Waals surface area contributed by atoms with Crippen molar-refractivity contribution in [2.45, 2.75) is 5.16 Å². The number of aromatic nitrogens is 4. The van der Waals surface area contributed by atoms with Crippen LogP contribution >= 0.6 is 35.0 Å². The van der Waals surface area contributed by atoms with Gasteiger partial charge in [-0.2, -0.15) is 0 Å². The highest BCUT2D eigenvalue weighted by Crippen LogP contribution is 2.33. The second-order valence-electron chi connectivity index (χ2n) is 7.63. The Labute approximate surface area is 218 Å². The summed E-state index contributed by atoms with van der Waals surface area (Å²) in [5, 5.41) is 24.6. The second-order valence-corrected chi connectivity index (χ2v) is 9.41. The number of benzene rings is 3. The van der Waals surface area contributed by atoms with Crippen molar-refractivity contribution in [3.8, 4) is 17.1 Å². The van der Waals surface area contributed by atoms with E-state index in [2.05, 4.69) is 20.5 Å². The molecule has 9 nitrogen and oxygen atoms in total. The number of aromatic amines is 1. The number of nitrogens with zero attached hydrogens (tertiary/aromatic N) is 4. The maximum Gasteiger partial charge on any atom is 0.289 e. The van der Waals surface area contributed by atoms with Gasteiger partial charge in [-0.15, -0.1) is 10.2 Å². The number of thioether (sulfide) groups is 1. The Kier molecular flexibility index (Phi) is 6.64. The number of H-pyrrole nitrogens is 1. The molecule has 3 aromatic carbocycles. The van der Waals surface area contributed by atoms with Crippen LogP contribution in [-0.2, 0) is 4.79 Å². The lowest BCUT2D eigenvalue weighted by molar-refractivity contribution is -0.384. The molecule has 5 rings (SSSR count). The standard InChI is InChI=1S/C24H16Cl2N6O3S/c25-14-5-8-16(9-6-14)31-23(18-12-27-20-4-2-1-3-17(18)20)29-30-24(31)36-13-22(33)28-15-7-10-19(26)21(11-15)32(34)35/h1-12,27H,13H2,(H,28,33). The third-order valence-electron chi connectivity index (χ3n) is 5.31. The fourth-order valence-corrected chi connectivity index (χ4v) is 4.74. The number of fused-ring (bicyclic) bond motifs is 1. The van der Waals surface area contributed by atoms with E-state index >= 15 is 0 Å². The first-order valence-electron chi connectivity index (χ1n) is 10.5. The van der Waals surface area contributed by atoms with Crippen LogP contribution in [0.4, 0.5) is 11.4 Å². The predicted molar refractivity (Wildman–Crippen MR) is 141 cm³/mol. The largest absolute Gasteiger partial charge is 0.360 e. The summed E-state index contributed by atoms with van der Waals surface area (Å²) in [7, 11) is 0. The van der Waals surface area contributed by atoms with Crippen LogP contribution in [0.15, 0.2) is 78.1 Å². The number of halogens is 2. The minimum Gasteiger partial charge on any atom is -0.360 e. The summed E-state index contributed by atoms with van der Waals surface area (Å²) in [6.07, 6.45) is 1.87. The lowest BCUT2D eigenvalue weighted by atomic mass is 10.1. The van der Waals surface area contributed by atoms with Gasteiger partial charge in [-0.3, -0.25) is 19.5 Å². The third-order valence-corrected chi connectivity index (χ3v) is 6.81. The lowest BCUT2D eigenvalue weighted by Crippen LogP contribution is -2.14. The van der Waals surface area contributed by atoms with E-state index in [1.54, 1.807) is 12.1 Å². The fourth-order valence-electron chi connectivity index (χ4n) is 3.67. The normalized spacial score (nSPS) is 11.1. The zero-order valence-electron chi connectivity index (χ0n) is 18.3. The molecule has 0 unspecified atom stereocenters. The van der Waals surface area contributed by atoms with Gasteiger partial charge in [0.15, 0.2) is 11.0 Å². The van der Waals surface area contributed by atoms with Gasteiger partial charge >= 0.3 is 0 Å². The Morgan fingerprint density at radius 3 is 2.64 bits per heavy atom. The molecule has 0 aliphatic carbocycles. The van der Waals surface area contributed by atoms with Crippen molar-refractivity contribution in [2.75, 3.05) is 11.1 Å². The SMILES string of the molecule is O=C(CSc1nnc(-c2c[nH]c3ccccc23)n1-c1ccc(Cl)cc1)Nc1ccc(Cl)c([N+](=O)[O-])c1. The van der Waals surface area contributed by atoms with Gasteiger partial charge < -0.3 is 10.3 Å². The van der Waals surface area contributed by atoms with Gasteiger partial charge in [0, 0.05) is 45.1 Å². The van der Waals surface area contributed by atoms with Crippen LogP contribution in [0.2, 0.25) is 10.0 Å². The monoisotopic (exact) mass is 538 g/mol. The van der Waals surface area contributed by atoms with Gasteiger partial charge in [-0.25, -0.2) is 0 Å². The Hall–Kier alpha value is -3.86. The van der Waals surface area contributed by atoms with Crippen molar-refractivity contribution >= 4 is 63.1 Å². The van der Waals surface area contributed by atoms with E-state index in [9.17, 15) is 14.9 Å². The molecule has 2 heterocycles. The first-order chi connectivity index (χ1) is 17.4. The number of para-hydroxylation sites is 1. The van der Waals surface area contributed by atoms with Crippen LogP contribution in [0.5, 0.6) is 0 Å². The van der Waals surface area contributed by atoms with Crippen molar-refractivity contribution in [3.05, 3.63) is 93.1 Å². The van der Waals surface area contributed by atoms with E-state index in [1.165, 1.54) is 30.0 Å². The van der Waals surface area contributed by atoms with E-state index < -0.39 is 4.92 Å². The van der Waals surface area contributed by atoms with Crippen molar-refractivity contribution in [1.29, 1.82) is 0 Å². The number of nitro groups is 1. The van der Waals surface area contributed by atoms with Gasteiger partial charge in [-0.05, 0) is 42.5 Å². The van der Waals surface area contributed by atoms with Crippen LogP contribution in [-0.4, -0.2) is 36.3 Å². The molecule has 0 aliphatic rings. The summed E-state index contributed by atoms with van der Waals surface area (Å²) < 4.78 is 1.86. The number of anilines is 1. The molecule has 2 aromatic heterocycles. The summed E-state index contributed by atoms with van der Waals surface area (Å²) in [6, 6.07) is 19.2. The van der Waals surface area contributed by atoms with Gasteiger partial charge in [0.1, 0.15) is 5.02 Å². The number of hydrogen-bond acceptors (Lipinski definition) is 6. The summed E-state index contributed by atoms with van der Waals surface area (Å²) in [6.45, 7) is 0. The van der Waals surface area contributed by atoms with Crippen LogP contribution < -0.4 is 5.32 Å². The number of nitro benzene ring substituents is 1. The molecule has 0 aliphatic heterocycles. The first kappa shape index (κ1) is 23.9. The maximum atomic E-state index is 12.6. The Morgan fingerprint density at radius 1 is 1.08 bits per heavy atom. The average molecular weight is 539 g/mol.